The number of halogens is 2. The fourth-order valence-corrected chi connectivity index (χ4v) is 2.74. The Labute approximate surface area is 153 Å². The standard InChI is InChI=1S/C20H21FN2O.ClH/c1-14-2-4-16(5-3-14)17-6-7-18(19(21)12-17)20(24)23-13-15-8-10-22-11-9-15;/h2-8,12,22H,9-11,13H2,1H3,(H,23,24);1H. The van der Waals surface area contributed by atoms with E-state index >= 15 is 0 Å². The SMILES string of the molecule is Cc1ccc(-c2ccc(C(=O)NCC3=CCNCC3)c(F)c2)cc1.Cl. The zero-order valence-corrected chi connectivity index (χ0v) is 15.0. The Kier molecular flexibility index (Phi) is 6.73. The number of benzene rings is 2. The number of hydrogen-bond acceptors (Lipinski definition) is 2. The molecule has 3 rings (SSSR count). The van der Waals surface area contributed by atoms with Crippen LogP contribution in [0.3, 0.4) is 0 Å². The van der Waals surface area contributed by atoms with Crippen LogP contribution >= 0.6 is 12.4 Å². The van der Waals surface area contributed by atoms with Gasteiger partial charge in [0.25, 0.3) is 5.91 Å². The van der Waals surface area contributed by atoms with Crippen molar-refractivity contribution in [3.8, 4) is 11.1 Å². The quantitative estimate of drug-likeness (QED) is 0.812. The Hall–Kier alpha value is -2.17. The normalized spacial score (nSPS) is 13.6. The van der Waals surface area contributed by atoms with Gasteiger partial charge in [0.05, 0.1) is 5.56 Å². The number of aryl methyl sites for hydroxylation is 1. The molecule has 0 aromatic heterocycles. The summed E-state index contributed by atoms with van der Waals surface area (Å²) in [6.07, 6.45) is 2.98. The van der Waals surface area contributed by atoms with Crippen LogP contribution in [0.15, 0.2) is 54.1 Å². The second-order valence-corrected chi connectivity index (χ2v) is 6.06. The van der Waals surface area contributed by atoms with Crippen LogP contribution in [0.4, 0.5) is 4.39 Å². The summed E-state index contributed by atoms with van der Waals surface area (Å²) in [5.41, 5.74) is 4.12. The van der Waals surface area contributed by atoms with E-state index in [0.717, 1.165) is 36.2 Å². The van der Waals surface area contributed by atoms with Gasteiger partial charge < -0.3 is 10.6 Å². The first-order valence-electron chi connectivity index (χ1n) is 8.17. The van der Waals surface area contributed by atoms with Crippen LogP contribution in [0.2, 0.25) is 0 Å². The Balaban J connectivity index is 0.00000225. The van der Waals surface area contributed by atoms with Crippen molar-refractivity contribution in [3.63, 3.8) is 0 Å². The molecule has 0 fully saturated rings. The van der Waals surface area contributed by atoms with Gasteiger partial charge >= 0.3 is 0 Å². The van der Waals surface area contributed by atoms with E-state index in [1.807, 2.05) is 31.2 Å². The van der Waals surface area contributed by atoms with Crippen LogP contribution in [0, 0.1) is 12.7 Å². The lowest BCUT2D eigenvalue weighted by Gasteiger charge is -2.15. The van der Waals surface area contributed by atoms with Crippen molar-refractivity contribution in [2.45, 2.75) is 13.3 Å². The van der Waals surface area contributed by atoms with Crippen molar-refractivity contribution in [1.82, 2.24) is 10.6 Å². The molecule has 2 aromatic rings. The van der Waals surface area contributed by atoms with E-state index in [0.29, 0.717) is 6.54 Å². The van der Waals surface area contributed by atoms with E-state index < -0.39 is 5.82 Å². The van der Waals surface area contributed by atoms with Crippen LogP contribution < -0.4 is 10.6 Å². The van der Waals surface area contributed by atoms with Crippen molar-refractivity contribution in [2.24, 2.45) is 0 Å². The summed E-state index contributed by atoms with van der Waals surface area (Å²) < 4.78 is 14.3. The molecule has 0 radical (unpaired) electrons. The van der Waals surface area contributed by atoms with Crippen LogP contribution in [-0.2, 0) is 0 Å². The topological polar surface area (TPSA) is 41.1 Å². The van der Waals surface area contributed by atoms with Crippen molar-refractivity contribution in [1.29, 1.82) is 0 Å². The van der Waals surface area contributed by atoms with Gasteiger partial charge in [-0.15, -0.1) is 12.4 Å². The van der Waals surface area contributed by atoms with E-state index in [9.17, 15) is 9.18 Å². The summed E-state index contributed by atoms with van der Waals surface area (Å²) in [5, 5.41) is 6.02. The monoisotopic (exact) mass is 360 g/mol. The highest BCUT2D eigenvalue weighted by Crippen LogP contribution is 2.22. The van der Waals surface area contributed by atoms with Gasteiger partial charge in [0.15, 0.2) is 0 Å². The molecule has 2 N–H and O–H groups in total. The third-order valence-electron chi connectivity index (χ3n) is 4.23. The summed E-state index contributed by atoms with van der Waals surface area (Å²) in [6.45, 7) is 4.22. The summed E-state index contributed by atoms with van der Waals surface area (Å²) in [6, 6.07) is 12.6. The second kappa shape index (κ2) is 8.79. The second-order valence-electron chi connectivity index (χ2n) is 6.06. The number of carbonyl (C=O) groups excluding carboxylic acids is 1. The lowest BCUT2D eigenvalue weighted by molar-refractivity contribution is 0.0952. The fraction of sp³-hybridized carbons (Fsp3) is 0.250. The van der Waals surface area contributed by atoms with Gasteiger partial charge in [0, 0.05) is 13.1 Å². The molecule has 3 nitrogen and oxygen atoms in total. The summed E-state index contributed by atoms with van der Waals surface area (Å²) in [5.74, 6) is -0.868. The summed E-state index contributed by atoms with van der Waals surface area (Å²) >= 11 is 0. The first kappa shape index (κ1) is 19.2. The predicted molar refractivity (Wildman–Crippen MR) is 102 cm³/mol. The third-order valence-corrected chi connectivity index (χ3v) is 4.23. The van der Waals surface area contributed by atoms with E-state index in [4.69, 9.17) is 0 Å². The molecule has 1 heterocycles. The van der Waals surface area contributed by atoms with Crippen LogP contribution in [0.1, 0.15) is 22.3 Å². The van der Waals surface area contributed by atoms with Crippen molar-refractivity contribution in [2.75, 3.05) is 19.6 Å². The highest BCUT2D eigenvalue weighted by Gasteiger charge is 2.13. The smallest absolute Gasteiger partial charge is 0.254 e. The largest absolute Gasteiger partial charge is 0.348 e. The average molecular weight is 361 g/mol. The van der Waals surface area contributed by atoms with Gasteiger partial charge in [0.1, 0.15) is 5.82 Å². The van der Waals surface area contributed by atoms with Gasteiger partial charge in [0.2, 0.25) is 0 Å². The molecule has 1 amide bonds. The molecule has 1 aliphatic heterocycles. The molecule has 0 unspecified atom stereocenters. The van der Waals surface area contributed by atoms with E-state index in [2.05, 4.69) is 16.7 Å². The first-order valence-corrected chi connectivity index (χ1v) is 8.17. The Morgan fingerprint density at radius 3 is 2.52 bits per heavy atom. The maximum Gasteiger partial charge on any atom is 0.254 e. The molecule has 0 bridgehead atoms. The highest BCUT2D eigenvalue weighted by atomic mass is 35.5. The first-order chi connectivity index (χ1) is 11.6. The van der Waals surface area contributed by atoms with Gasteiger partial charge in [-0.2, -0.15) is 0 Å². The maximum absolute atomic E-state index is 14.3. The van der Waals surface area contributed by atoms with E-state index in [-0.39, 0.29) is 23.9 Å². The molecule has 132 valence electrons. The Morgan fingerprint density at radius 2 is 1.88 bits per heavy atom. The molecule has 2 aromatic carbocycles. The molecule has 0 saturated carbocycles. The summed E-state index contributed by atoms with van der Waals surface area (Å²) in [7, 11) is 0. The molecule has 0 saturated heterocycles. The number of amides is 1. The van der Waals surface area contributed by atoms with Crippen LogP contribution in [0.5, 0.6) is 0 Å². The van der Waals surface area contributed by atoms with E-state index in [1.54, 1.807) is 12.1 Å². The molecule has 0 spiro atoms. The zero-order chi connectivity index (χ0) is 16.9. The molecule has 25 heavy (non-hydrogen) atoms. The number of nitrogens with one attached hydrogen (secondary N) is 2. The minimum absolute atomic E-state index is 0. The number of rotatable bonds is 4. The minimum atomic E-state index is -0.495. The lowest BCUT2D eigenvalue weighted by atomic mass is 10.0. The Morgan fingerprint density at radius 1 is 1.16 bits per heavy atom. The molecule has 1 aliphatic rings. The highest BCUT2D eigenvalue weighted by molar-refractivity contribution is 5.95. The molecular weight excluding hydrogens is 339 g/mol. The van der Waals surface area contributed by atoms with Gasteiger partial charge in [-0.3, -0.25) is 4.79 Å². The van der Waals surface area contributed by atoms with Crippen molar-refractivity contribution >= 4 is 18.3 Å². The third kappa shape index (κ3) is 4.91. The van der Waals surface area contributed by atoms with Crippen LogP contribution in [-0.4, -0.2) is 25.5 Å². The van der Waals surface area contributed by atoms with Crippen molar-refractivity contribution < 1.29 is 9.18 Å². The summed E-state index contributed by atoms with van der Waals surface area (Å²) in [4.78, 5) is 12.2. The molecule has 0 aliphatic carbocycles. The minimum Gasteiger partial charge on any atom is -0.348 e. The molecule has 5 heteroatoms. The van der Waals surface area contributed by atoms with Crippen molar-refractivity contribution in [3.05, 3.63) is 71.1 Å². The average Bonchev–Trinajstić information content (AvgIpc) is 2.61. The van der Waals surface area contributed by atoms with Gasteiger partial charge in [-0.1, -0.05) is 47.5 Å². The van der Waals surface area contributed by atoms with Gasteiger partial charge in [-0.25, -0.2) is 4.39 Å². The van der Waals surface area contributed by atoms with Gasteiger partial charge in [-0.05, 0) is 43.1 Å². The number of hydrogen-bond donors (Lipinski definition) is 2. The number of carbonyl (C=O) groups is 1. The van der Waals surface area contributed by atoms with E-state index in [1.165, 1.54) is 11.6 Å². The predicted octanol–water partition coefficient (Wildman–Crippen LogP) is 3.87. The molecular formula is C20H22ClFN2O. The molecule has 0 atom stereocenters. The zero-order valence-electron chi connectivity index (χ0n) is 14.1. The lowest BCUT2D eigenvalue weighted by Crippen LogP contribution is -2.30. The van der Waals surface area contributed by atoms with Crippen LogP contribution in [0.25, 0.3) is 11.1 Å². The Bertz CT molecular complexity index is 772. The fourth-order valence-electron chi connectivity index (χ4n) is 2.74. The maximum atomic E-state index is 14.3.